The van der Waals surface area contributed by atoms with E-state index in [0.717, 1.165) is 17.6 Å². The van der Waals surface area contributed by atoms with Gasteiger partial charge < -0.3 is 10.2 Å². The Labute approximate surface area is 133 Å². The van der Waals surface area contributed by atoms with Crippen molar-refractivity contribution in [1.82, 2.24) is 5.32 Å². The van der Waals surface area contributed by atoms with Crippen LogP contribution in [0.2, 0.25) is 5.02 Å². The zero-order valence-electron chi connectivity index (χ0n) is 13.1. The van der Waals surface area contributed by atoms with Gasteiger partial charge in [0.05, 0.1) is 0 Å². The van der Waals surface area contributed by atoms with Crippen molar-refractivity contribution in [2.75, 3.05) is 11.4 Å². The molecule has 0 spiro atoms. The van der Waals surface area contributed by atoms with Gasteiger partial charge in [0.2, 0.25) is 0 Å². The van der Waals surface area contributed by atoms with Crippen molar-refractivity contribution < 1.29 is 0 Å². The molecule has 0 amide bonds. The Morgan fingerprint density at radius 2 is 2.05 bits per heavy atom. The van der Waals surface area contributed by atoms with Crippen LogP contribution >= 0.6 is 11.6 Å². The highest BCUT2D eigenvalue weighted by Gasteiger charge is 2.24. The highest BCUT2D eigenvalue weighted by Crippen LogP contribution is 2.31. The summed E-state index contributed by atoms with van der Waals surface area (Å²) in [7, 11) is 0. The summed E-state index contributed by atoms with van der Waals surface area (Å²) in [5.74, 6) is 0. The molecule has 1 N–H and O–H groups in total. The van der Waals surface area contributed by atoms with Crippen LogP contribution in [0.25, 0.3) is 0 Å². The smallest absolute Gasteiger partial charge is 0.0415 e. The molecule has 1 heterocycles. The van der Waals surface area contributed by atoms with Crippen LogP contribution in [-0.2, 0) is 6.54 Å². The van der Waals surface area contributed by atoms with E-state index in [9.17, 15) is 0 Å². The van der Waals surface area contributed by atoms with Gasteiger partial charge in [0.25, 0.3) is 0 Å². The highest BCUT2D eigenvalue weighted by molar-refractivity contribution is 6.30. The fourth-order valence-electron chi connectivity index (χ4n) is 3.44. The first-order chi connectivity index (χ1) is 10.3. The van der Waals surface area contributed by atoms with E-state index in [4.69, 9.17) is 11.6 Å². The topological polar surface area (TPSA) is 15.3 Å². The van der Waals surface area contributed by atoms with E-state index in [-0.39, 0.29) is 0 Å². The summed E-state index contributed by atoms with van der Waals surface area (Å²) in [6.07, 6.45) is 9.28. The Balaban J connectivity index is 1.83. The predicted octanol–water partition coefficient (Wildman–Crippen LogP) is 4.75. The molecule has 116 valence electrons. The lowest BCUT2D eigenvalue weighted by atomic mass is 10.0. The lowest BCUT2D eigenvalue weighted by Crippen LogP contribution is -2.35. The van der Waals surface area contributed by atoms with Crippen molar-refractivity contribution in [1.29, 1.82) is 0 Å². The molecule has 1 saturated carbocycles. The van der Waals surface area contributed by atoms with E-state index in [1.807, 2.05) is 0 Å². The minimum Gasteiger partial charge on any atom is -0.368 e. The monoisotopic (exact) mass is 306 g/mol. The molecule has 3 heteroatoms. The van der Waals surface area contributed by atoms with E-state index in [0.29, 0.717) is 6.04 Å². The Kier molecular flexibility index (Phi) is 5.07. The second-order valence-electron chi connectivity index (χ2n) is 6.53. The molecule has 1 aromatic rings. The molecular weight excluding hydrogens is 280 g/mol. The van der Waals surface area contributed by atoms with Gasteiger partial charge in [0, 0.05) is 35.9 Å². The van der Waals surface area contributed by atoms with Crippen LogP contribution in [0.15, 0.2) is 18.2 Å². The zero-order valence-corrected chi connectivity index (χ0v) is 13.8. The molecule has 2 nitrogen and oxygen atoms in total. The number of rotatable bonds is 5. The molecular formula is C18H27ClN2. The molecule has 1 unspecified atom stereocenters. The van der Waals surface area contributed by atoms with Crippen molar-refractivity contribution >= 4 is 17.3 Å². The summed E-state index contributed by atoms with van der Waals surface area (Å²) in [5, 5.41) is 4.50. The molecule has 0 radical (unpaired) electrons. The van der Waals surface area contributed by atoms with Crippen LogP contribution in [0.5, 0.6) is 0 Å². The Bertz CT molecular complexity index is 470. The molecule has 1 aromatic carbocycles. The van der Waals surface area contributed by atoms with Gasteiger partial charge in [-0.15, -0.1) is 0 Å². The molecule has 2 fully saturated rings. The average Bonchev–Trinajstić information content (AvgIpc) is 3.32. The van der Waals surface area contributed by atoms with Gasteiger partial charge in [-0.2, -0.15) is 0 Å². The van der Waals surface area contributed by atoms with Crippen molar-refractivity contribution in [3.05, 3.63) is 28.8 Å². The SMILES string of the molecule is CCC1CCCCCN1c1ccc(Cl)cc1CNC1CC1. The van der Waals surface area contributed by atoms with Crippen LogP contribution in [-0.4, -0.2) is 18.6 Å². The summed E-state index contributed by atoms with van der Waals surface area (Å²) in [5.41, 5.74) is 2.77. The molecule has 1 aliphatic heterocycles. The van der Waals surface area contributed by atoms with Gasteiger partial charge in [-0.3, -0.25) is 0 Å². The van der Waals surface area contributed by atoms with E-state index >= 15 is 0 Å². The van der Waals surface area contributed by atoms with Gasteiger partial charge in [-0.1, -0.05) is 31.4 Å². The van der Waals surface area contributed by atoms with E-state index in [2.05, 4.69) is 35.3 Å². The van der Waals surface area contributed by atoms with E-state index in [1.165, 1.54) is 62.7 Å². The fourth-order valence-corrected chi connectivity index (χ4v) is 3.63. The number of nitrogens with one attached hydrogen (secondary N) is 1. The fraction of sp³-hybridized carbons (Fsp3) is 0.667. The molecule has 0 aromatic heterocycles. The summed E-state index contributed by atoms with van der Waals surface area (Å²) >= 11 is 6.24. The lowest BCUT2D eigenvalue weighted by molar-refractivity contribution is 0.553. The van der Waals surface area contributed by atoms with Crippen molar-refractivity contribution in [2.24, 2.45) is 0 Å². The second-order valence-corrected chi connectivity index (χ2v) is 6.97. The number of hydrogen-bond acceptors (Lipinski definition) is 2. The molecule has 2 aliphatic rings. The van der Waals surface area contributed by atoms with Gasteiger partial charge in [-0.05, 0) is 55.9 Å². The number of anilines is 1. The van der Waals surface area contributed by atoms with Gasteiger partial charge >= 0.3 is 0 Å². The van der Waals surface area contributed by atoms with Gasteiger partial charge in [-0.25, -0.2) is 0 Å². The number of nitrogens with zero attached hydrogens (tertiary/aromatic N) is 1. The van der Waals surface area contributed by atoms with Gasteiger partial charge in [0.1, 0.15) is 0 Å². The maximum atomic E-state index is 6.24. The van der Waals surface area contributed by atoms with E-state index < -0.39 is 0 Å². The molecule has 1 aliphatic carbocycles. The molecule has 21 heavy (non-hydrogen) atoms. The third kappa shape index (κ3) is 3.92. The summed E-state index contributed by atoms with van der Waals surface area (Å²) in [4.78, 5) is 2.65. The quantitative estimate of drug-likeness (QED) is 0.844. The number of halogens is 1. The average molecular weight is 307 g/mol. The summed E-state index contributed by atoms with van der Waals surface area (Å²) < 4.78 is 0. The first kappa shape index (κ1) is 15.2. The van der Waals surface area contributed by atoms with Crippen LogP contribution in [0, 0.1) is 0 Å². The van der Waals surface area contributed by atoms with Crippen LogP contribution in [0.3, 0.4) is 0 Å². The van der Waals surface area contributed by atoms with Crippen LogP contribution in [0.4, 0.5) is 5.69 Å². The van der Waals surface area contributed by atoms with Crippen LogP contribution in [0.1, 0.15) is 57.4 Å². The number of benzene rings is 1. The van der Waals surface area contributed by atoms with Crippen LogP contribution < -0.4 is 10.2 Å². The van der Waals surface area contributed by atoms with Crippen molar-refractivity contribution in [3.63, 3.8) is 0 Å². The second kappa shape index (κ2) is 7.02. The van der Waals surface area contributed by atoms with E-state index in [1.54, 1.807) is 0 Å². The Morgan fingerprint density at radius 3 is 2.81 bits per heavy atom. The van der Waals surface area contributed by atoms with Crippen molar-refractivity contribution in [2.45, 2.75) is 70.5 Å². The summed E-state index contributed by atoms with van der Waals surface area (Å²) in [6.45, 7) is 4.46. The summed E-state index contributed by atoms with van der Waals surface area (Å²) in [6, 6.07) is 7.87. The maximum absolute atomic E-state index is 6.24. The molecule has 1 atom stereocenters. The highest BCUT2D eigenvalue weighted by atomic mass is 35.5. The minimum atomic E-state index is 0.688. The first-order valence-electron chi connectivity index (χ1n) is 8.56. The maximum Gasteiger partial charge on any atom is 0.0415 e. The lowest BCUT2D eigenvalue weighted by Gasteiger charge is -2.33. The largest absolute Gasteiger partial charge is 0.368 e. The number of hydrogen-bond donors (Lipinski definition) is 1. The molecule has 1 saturated heterocycles. The zero-order chi connectivity index (χ0) is 14.7. The Morgan fingerprint density at radius 1 is 1.19 bits per heavy atom. The standard InChI is InChI=1S/C18H27ClN2/c1-2-17-6-4-3-5-11-21(17)18-10-7-15(19)12-14(18)13-20-16-8-9-16/h7,10,12,16-17,20H,2-6,8-9,11,13H2,1H3. The third-order valence-corrected chi connectivity index (χ3v) is 5.09. The molecule has 3 rings (SSSR count). The van der Waals surface area contributed by atoms with Gasteiger partial charge in [0.15, 0.2) is 0 Å². The Hall–Kier alpha value is -0.730. The van der Waals surface area contributed by atoms with Crippen molar-refractivity contribution in [3.8, 4) is 0 Å². The predicted molar refractivity (Wildman–Crippen MR) is 91.2 cm³/mol. The first-order valence-corrected chi connectivity index (χ1v) is 8.94. The minimum absolute atomic E-state index is 0.688. The molecule has 0 bridgehead atoms. The third-order valence-electron chi connectivity index (χ3n) is 4.86. The normalized spacial score (nSPS) is 23.1.